The van der Waals surface area contributed by atoms with E-state index in [0.717, 1.165) is 6.08 Å². The molecule has 0 radical (unpaired) electrons. The van der Waals surface area contributed by atoms with Crippen LogP contribution in [0.2, 0.25) is 0 Å². The molecule has 0 bridgehead atoms. The highest BCUT2D eigenvalue weighted by atomic mass is 32.2. The minimum Gasteiger partial charge on any atom is -0.399 e. The Kier molecular flexibility index (Phi) is 4.70. The molecule has 0 aromatic heterocycles. The van der Waals surface area contributed by atoms with E-state index in [9.17, 15) is 25.9 Å². The normalized spacial score (nSPS) is 25.0. The Morgan fingerprint density at radius 2 is 1.75 bits per heavy atom. The molecule has 1 aromatic carbocycles. The predicted molar refractivity (Wildman–Crippen MR) is 88.7 cm³/mol. The maximum absolute atomic E-state index is 11.6. The molecule has 24 heavy (non-hydrogen) atoms. The molecule has 10 heteroatoms. The fourth-order valence-corrected chi connectivity index (χ4v) is 3.76. The first-order valence-electron chi connectivity index (χ1n) is 6.62. The number of benzene rings is 1. The van der Waals surface area contributed by atoms with Crippen LogP contribution in [0.25, 0.3) is 6.08 Å². The zero-order valence-electron chi connectivity index (χ0n) is 12.3. The van der Waals surface area contributed by atoms with E-state index in [1.807, 2.05) is 0 Å². The first kappa shape index (κ1) is 18.4. The van der Waals surface area contributed by atoms with Gasteiger partial charge in [0.15, 0.2) is 4.87 Å². The highest BCUT2D eigenvalue weighted by Gasteiger charge is 2.44. The number of hydrogen-bond donors (Lipinski definition) is 4. The number of allylic oxidation sites excluding steroid dienone is 1. The maximum Gasteiger partial charge on any atom is 0.295 e. The third kappa shape index (κ3) is 3.57. The summed E-state index contributed by atoms with van der Waals surface area (Å²) in [7, 11) is -9.15. The molecule has 8 nitrogen and oxygen atoms in total. The van der Waals surface area contributed by atoms with Gasteiger partial charge in [-0.3, -0.25) is 9.11 Å². The average molecular weight is 372 g/mol. The molecule has 2 rings (SSSR count). The molecule has 0 spiro atoms. The van der Waals surface area contributed by atoms with Crippen molar-refractivity contribution >= 4 is 26.3 Å². The molecule has 6 N–H and O–H groups in total. The molecule has 0 saturated carbocycles. The molecule has 2 atom stereocenters. The molecule has 0 saturated heterocycles. The quantitative estimate of drug-likeness (QED) is 0.556. The third-order valence-electron chi connectivity index (χ3n) is 3.54. The average Bonchev–Trinajstić information content (AvgIpc) is 2.44. The van der Waals surface area contributed by atoms with Gasteiger partial charge >= 0.3 is 0 Å². The molecule has 1 aliphatic carbocycles. The van der Waals surface area contributed by atoms with E-state index in [-0.39, 0.29) is 16.2 Å². The van der Waals surface area contributed by atoms with Crippen molar-refractivity contribution in [3.63, 3.8) is 0 Å². The van der Waals surface area contributed by atoms with Crippen molar-refractivity contribution < 1.29 is 25.9 Å². The van der Waals surface area contributed by atoms with Crippen molar-refractivity contribution in [2.45, 2.75) is 9.77 Å². The molecular formula is C14H16N2O6S2. The standard InChI is InChI=1S/C14H16N2O6S2/c15-12-8-7-11(14(16,9-12)24(20,21)22)6-5-10-3-1-2-4-13(10)23(17,18)19/h1-9,11H,15-16H2,(H,17,18,19)(H,20,21,22). The minimum atomic E-state index is -4.70. The lowest BCUT2D eigenvalue weighted by molar-refractivity contribution is 0.428. The van der Waals surface area contributed by atoms with Gasteiger partial charge in [-0.05, 0) is 23.8 Å². The van der Waals surface area contributed by atoms with Crippen LogP contribution in [0.4, 0.5) is 0 Å². The van der Waals surface area contributed by atoms with E-state index in [1.54, 1.807) is 6.07 Å². The van der Waals surface area contributed by atoms with E-state index in [2.05, 4.69) is 0 Å². The van der Waals surface area contributed by atoms with E-state index in [0.29, 0.717) is 0 Å². The summed E-state index contributed by atoms with van der Waals surface area (Å²) in [4.78, 5) is -2.53. The van der Waals surface area contributed by atoms with Crippen LogP contribution in [0, 0.1) is 5.92 Å². The Morgan fingerprint density at radius 3 is 2.33 bits per heavy atom. The van der Waals surface area contributed by atoms with Gasteiger partial charge < -0.3 is 11.5 Å². The van der Waals surface area contributed by atoms with Gasteiger partial charge in [-0.15, -0.1) is 0 Å². The lowest BCUT2D eigenvalue weighted by atomic mass is 9.92. The molecule has 130 valence electrons. The summed E-state index contributed by atoms with van der Waals surface area (Å²) in [5, 5.41) is 0. The van der Waals surface area contributed by atoms with E-state index >= 15 is 0 Å². The van der Waals surface area contributed by atoms with Crippen molar-refractivity contribution in [2.75, 3.05) is 0 Å². The van der Waals surface area contributed by atoms with Gasteiger partial charge in [0.25, 0.3) is 20.2 Å². The van der Waals surface area contributed by atoms with Crippen LogP contribution in [0.1, 0.15) is 5.56 Å². The zero-order valence-corrected chi connectivity index (χ0v) is 13.9. The smallest absolute Gasteiger partial charge is 0.295 e. The van der Waals surface area contributed by atoms with Crippen LogP contribution in [0.5, 0.6) is 0 Å². The molecule has 0 amide bonds. The van der Waals surface area contributed by atoms with Crippen LogP contribution >= 0.6 is 0 Å². The van der Waals surface area contributed by atoms with Crippen LogP contribution in [0.3, 0.4) is 0 Å². The Hall–Kier alpha value is -1.98. The van der Waals surface area contributed by atoms with Crippen molar-refractivity contribution in [1.82, 2.24) is 0 Å². The number of rotatable bonds is 4. The second kappa shape index (κ2) is 6.15. The van der Waals surface area contributed by atoms with Crippen molar-refractivity contribution in [2.24, 2.45) is 17.4 Å². The highest BCUT2D eigenvalue weighted by Crippen LogP contribution is 2.30. The van der Waals surface area contributed by atoms with Gasteiger partial charge in [0.2, 0.25) is 0 Å². The largest absolute Gasteiger partial charge is 0.399 e. The van der Waals surface area contributed by atoms with Crippen molar-refractivity contribution in [3.05, 3.63) is 59.8 Å². The lowest BCUT2D eigenvalue weighted by Crippen LogP contribution is -2.52. The van der Waals surface area contributed by atoms with Crippen molar-refractivity contribution in [1.29, 1.82) is 0 Å². The second-order valence-corrected chi connectivity index (χ2v) is 8.28. The summed E-state index contributed by atoms with van der Waals surface area (Å²) in [6.07, 6.45) is 6.39. The molecule has 0 heterocycles. The highest BCUT2D eigenvalue weighted by molar-refractivity contribution is 7.87. The number of hydrogen-bond acceptors (Lipinski definition) is 6. The molecule has 2 unspecified atom stereocenters. The Labute approximate surface area is 139 Å². The second-order valence-electron chi connectivity index (χ2n) is 5.23. The van der Waals surface area contributed by atoms with Crippen LogP contribution in [0.15, 0.2) is 59.2 Å². The fourth-order valence-electron chi connectivity index (χ4n) is 2.29. The van der Waals surface area contributed by atoms with Gasteiger partial charge in [0, 0.05) is 11.6 Å². The SMILES string of the molecule is NC1=CC(N)(S(=O)(=O)O)C(C=Cc2ccccc2S(=O)(=O)O)C=C1. The van der Waals surface area contributed by atoms with Crippen LogP contribution in [-0.4, -0.2) is 30.8 Å². The summed E-state index contributed by atoms with van der Waals surface area (Å²) in [6.45, 7) is 0. The molecular weight excluding hydrogens is 356 g/mol. The van der Waals surface area contributed by atoms with Gasteiger partial charge in [0.05, 0.1) is 0 Å². The summed E-state index contributed by atoms with van der Waals surface area (Å²) in [5.41, 5.74) is 11.5. The van der Waals surface area contributed by atoms with E-state index < -0.39 is 31.0 Å². The lowest BCUT2D eigenvalue weighted by Gasteiger charge is -2.30. The third-order valence-corrected chi connectivity index (χ3v) is 5.75. The monoisotopic (exact) mass is 372 g/mol. The fraction of sp³-hybridized carbons (Fsp3) is 0.143. The van der Waals surface area contributed by atoms with Gasteiger partial charge in [0.1, 0.15) is 4.90 Å². The minimum absolute atomic E-state index is 0.0677. The first-order chi connectivity index (χ1) is 10.9. The van der Waals surface area contributed by atoms with Gasteiger partial charge in [-0.2, -0.15) is 16.8 Å². The van der Waals surface area contributed by atoms with Gasteiger partial charge in [-0.25, -0.2) is 0 Å². The maximum atomic E-state index is 11.6. The Balaban J connectivity index is 2.48. The first-order valence-corrected chi connectivity index (χ1v) is 9.50. The van der Waals surface area contributed by atoms with E-state index in [4.69, 9.17) is 11.5 Å². The van der Waals surface area contributed by atoms with E-state index in [1.165, 1.54) is 42.5 Å². The predicted octanol–water partition coefficient (Wildman–Crippen LogP) is 0.518. The Bertz CT molecular complexity index is 947. The Morgan fingerprint density at radius 1 is 1.12 bits per heavy atom. The zero-order chi connectivity index (χ0) is 18.2. The topological polar surface area (TPSA) is 161 Å². The molecule has 1 aromatic rings. The summed E-state index contributed by atoms with van der Waals surface area (Å²) in [6, 6.07) is 5.58. The number of nitrogens with two attached hydrogens (primary N) is 2. The summed E-state index contributed by atoms with van der Waals surface area (Å²) >= 11 is 0. The van der Waals surface area contributed by atoms with Crippen LogP contribution < -0.4 is 11.5 Å². The summed E-state index contributed by atoms with van der Waals surface area (Å²) in [5.74, 6) is -1.01. The van der Waals surface area contributed by atoms with Crippen molar-refractivity contribution in [3.8, 4) is 0 Å². The summed E-state index contributed by atoms with van der Waals surface area (Å²) < 4.78 is 64.6. The van der Waals surface area contributed by atoms with Crippen LogP contribution in [-0.2, 0) is 20.2 Å². The molecule has 0 aliphatic heterocycles. The molecule has 0 fully saturated rings. The molecule has 1 aliphatic rings. The van der Waals surface area contributed by atoms with Gasteiger partial charge in [-0.1, -0.05) is 36.4 Å².